The Hall–Kier alpha value is -0.960. The Balaban J connectivity index is 2.11. The Labute approximate surface area is 197 Å². The van der Waals surface area contributed by atoms with Gasteiger partial charge in [-0.25, -0.2) is 0 Å². The van der Waals surface area contributed by atoms with Crippen molar-refractivity contribution in [3.05, 3.63) is 110 Å². The van der Waals surface area contributed by atoms with E-state index in [1.165, 1.54) is 25.7 Å². The first-order valence-electron chi connectivity index (χ1n) is 9.28. The second-order valence-electron chi connectivity index (χ2n) is 7.06. The summed E-state index contributed by atoms with van der Waals surface area (Å²) in [6, 6.07) is 31.9. The number of rotatable bonds is 5. The molecule has 4 rings (SSSR count). The van der Waals surface area contributed by atoms with Crippen molar-refractivity contribution in [2.24, 2.45) is 0 Å². The van der Waals surface area contributed by atoms with Crippen LogP contribution in [-0.4, -0.2) is 0 Å². The molecule has 0 unspecified atom stereocenters. The molecule has 0 aliphatic carbocycles. The van der Waals surface area contributed by atoms with E-state index in [2.05, 4.69) is 130 Å². The van der Waals surface area contributed by atoms with Gasteiger partial charge in [-0.05, 0) is 0 Å². The van der Waals surface area contributed by atoms with E-state index in [-0.39, 0.29) is 0 Å². The Kier molecular flexibility index (Phi) is 6.08. The van der Waals surface area contributed by atoms with E-state index < -0.39 is 5.96 Å². The van der Waals surface area contributed by atoms with Crippen LogP contribution >= 0.6 is 60.4 Å². The van der Waals surface area contributed by atoms with Crippen LogP contribution in [0.25, 0.3) is 0 Å². The van der Waals surface area contributed by atoms with Crippen LogP contribution < -0.4 is 15.9 Å². The third kappa shape index (κ3) is 3.56. The van der Waals surface area contributed by atoms with E-state index >= 15 is 0 Å². The predicted molar refractivity (Wildman–Crippen MR) is 139 cm³/mol. The molecule has 0 atom stereocenters. The van der Waals surface area contributed by atoms with Gasteiger partial charge in [0.15, 0.2) is 0 Å². The summed E-state index contributed by atoms with van der Waals surface area (Å²) < 4.78 is 2.23. The summed E-state index contributed by atoms with van der Waals surface area (Å²) in [5, 5.41) is 3.56. The molecule has 0 aliphatic heterocycles. The molecular weight excluding hydrogens is 547 g/mol. The van der Waals surface area contributed by atoms with Crippen molar-refractivity contribution in [3.63, 3.8) is 0 Å². The van der Waals surface area contributed by atoms with Gasteiger partial charge in [-0.1, -0.05) is 0 Å². The van der Waals surface area contributed by atoms with Gasteiger partial charge >= 0.3 is 199 Å². The molecule has 0 fully saturated rings. The summed E-state index contributed by atoms with van der Waals surface area (Å²) >= 11 is 17.5. The van der Waals surface area contributed by atoms with Crippen LogP contribution in [0.1, 0.15) is 9.75 Å². The number of hydrogen-bond acceptors (Lipinski definition) is 1. The zero-order valence-electron chi connectivity index (χ0n) is 15.9. The summed E-state index contributed by atoms with van der Waals surface area (Å²) in [5.41, 5.74) is 0. The van der Waals surface area contributed by atoms with Crippen LogP contribution in [0.15, 0.2) is 99.9 Å². The van der Waals surface area contributed by atoms with Crippen molar-refractivity contribution in [1.82, 2.24) is 0 Å². The van der Waals surface area contributed by atoms with E-state index in [1.54, 1.807) is 11.3 Å². The molecule has 148 valence electrons. The van der Waals surface area contributed by atoms with E-state index in [0.29, 0.717) is 0 Å². The average molecular weight is 567 g/mol. The molecule has 0 saturated heterocycles. The van der Waals surface area contributed by atoms with Crippen molar-refractivity contribution in [1.29, 1.82) is 0 Å². The molecule has 1 aromatic heterocycles. The molecule has 0 radical (unpaired) electrons. The molecular formula is C24H20Br2ClPS. The standard InChI is InChI=1S/C24H20Br2ClPS/c1-18-23(25)24(26)22(29-18)17-28(27,19-11-5-2-6-12-19,20-13-7-3-8-14-20)21-15-9-4-10-16-21/h2-16H,17H2,1H3. The molecule has 0 saturated carbocycles. The molecule has 4 aromatic rings. The molecule has 3 aromatic carbocycles. The first-order valence-corrected chi connectivity index (χ1v) is 15.0. The van der Waals surface area contributed by atoms with E-state index in [4.69, 9.17) is 11.2 Å². The second kappa shape index (κ2) is 8.29. The minimum absolute atomic E-state index is 0.753. The van der Waals surface area contributed by atoms with Gasteiger partial charge in [0.25, 0.3) is 0 Å². The number of benzene rings is 3. The predicted octanol–water partition coefficient (Wildman–Crippen LogP) is 7.77. The monoisotopic (exact) mass is 564 g/mol. The van der Waals surface area contributed by atoms with Crippen LogP contribution in [0.4, 0.5) is 0 Å². The van der Waals surface area contributed by atoms with Crippen molar-refractivity contribution < 1.29 is 0 Å². The third-order valence-electron chi connectivity index (χ3n) is 5.35. The topological polar surface area (TPSA) is 0 Å². The van der Waals surface area contributed by atoms with Gasteiger partial charge in [-0.2, -0.15) is 0 Å². The number of halogens is 3. The van der Waals surface area contributed by atoms with Crippen LogP contribution in [0, 0.1) is 6.92 Å². The van der Waals surface area contributed by atoms with Gasteiger partial charge in [0, 0.05) is 0 Å². The maximum absolute atomic E-state index is 8.14. The van der Waals surface area contributed by atoms with Crippen molar-refractivity contribution in [2.75, 3.05) is 0 Å². The Morgan fingerprint density at radius 3 is 1.38 bits per heavy atom. The molecule has 0 nitrogen and oxygen atoms in total. The Morgan fingerprint density at radius 2 is 1.07 bits per heavy atom. The zero-order valence-corrected chi connectivity index (χ0v) is 21.5. The first-order chi connectivity index (χ1) is 13.9. The molecule has 0 spiro atoms. The molecule has 0 amide bonds. The van der Waals surface area contributed by atoms with Crippen molar-refractivity contribution in [3.8, 4) is 0 Å². The molecule has 0 aliphatic rings. The molecule has 0 N–H and O–H groups in total. The zero-order chi connectivity index (χ0) is 20.5. The first kappa shape index (κ1) is 21.3. The third-order valence-corrected chi connectivity index (χ3v) is 16.7. The Bertz CT molecular complexity index is 1030. The SMILES string of the molecule is Cc1sc(CP(Cl)(c2ccccc2)(c2ccccc2)c2ccccc2)c(Br)c1Br. The normalized spacial score (nSPS) is 13.0. The van der Waals surface area contributed by atoms with Crippen molar-refractivity contribution >= 4 is 76.3 Å². The fraction of sp³-hybridized carbons (Fsp3) is 0.0833. The van der Waals surface area contributed by atoms with Crippen molar-refractivity contribution in [2.45, 2.75) is 13.1 Å². The molecule has 1 heterocycles. The summed E-state index contributed by atoms with van der Waals surface area (Å²) in [6.45, 7) is 2.14. The summed E-state index contributed by atoms with van der Waals surface area (Å²) in [6.07, 6.45) is 0.753. The van der Waals surface area contributed by atoms with Gasteiger partial charge in [-0.15, -0.1) is 0 Å². The number of aryl methyl sites for hydroxylation is 1. The van der Waals surface area contributed by atoms with Gasteiger partial charge in [0.2, 0.25) is 0 Å². The quantitative estimate of drug-likeness (QED) is 0.217. The summed E-state index contributed by atoms with van der Waals surface area (Å²) in [7, 11) is 0. The summed E-state index contributed by atoms with van der Waals surface area (Å²) in [5.74, 6) is -3.29. The molecule has 5 heteroatoms. The van der Waals surface area contributed by atoms with E-state index in [1.807, 2.05) is 0 Å². The van der Waals surface area contributed by atoms with Gasteiger partial charge in [0.05, 0.1) is 0 Å². The minimum atomic E-state index is -3.29. The fourth-order valence-electron chi connectivity index (χ4n) is 3.86. The maximum atomic E-state index is 8.14. The van der Waals surface area contributed by atoms with Crippen LogP contribution in [0.2, 0.25) is 0 Å². The second-order valence-corrected chi connectivity index (χ2v) is 16.4. The van der Waals surface area contributed by atoms with Gasteiger partial charge in [0.1, 0.15) is 0 Å². The average Bonchev–Trinajstić information content (AvgIpc) is 3.02. The van der Waals surface area contributed by atoms with Crippen LogP contribution in [0.5, 0.6) is 0 Å². The van der Waals surface area contributed by atoms with Crippen LogP contribution in [0.3, 0.4) is 0 Å². The fourth-order valence-corrected chi connectivity index (χ4v) is 13.4. The summed E-state index contributed by atoms with van der Waals surface area (Å²) in [4.78, 5) is 2.52. The van der Waals surface area contributed by atoms with E-state index in [0.717, 1.165) is 15.1 Å². The number of hydrogen-bond donors (Lipinski definition) is 0. The number of thiophene rings is 1. The van der Waals surface area contributed by atoms with Crippen LogP contribution in [-0.2, 0) is 6.16 Å². The Morgan fingerprint density at radius 1 is 0.690 bits per heavy atom. The van der Waals surface area contributed by atoms with Gasteiger partial charge in [-0.3, -0.25) is 0 Å². The molecule has 0 bridgehead atoms. The molecule has 29 heavy (non-hydrogen) atoms. The van der Waals surface area contributed by atoms with E-state index in [9.17, 15) is 0 Å². The van der Waals surface area contributed by atoms with Gasteiger partial charge < -0.3 is 0 Å².